The number of furan rings is 1. The molecule has 3 rings (SSSR count). The number of para-hydroxylation sites is 1. The number of aromatic nitrogens is 1. The standard InChI is InChI=1S/C16H16N2O6S/c1-23-10-18-13(16(19)20)8-11-4-2-5-12(15(11)18)17-9-25(21,22)14-6-3-7-24-14/h2-8,17H,9-10H2,1H3,(H,19,20). The number of benzene rings is 1. The zero-order valence-corrected chi connectivity index (χ0v) is 14.1. The van der Waals surface area contributed by atoms with Gasteiger partial charge in [-0.2, -0.15) is 0 Å². The van der Waals surface area contributed by atoms with Crippen molar-refractivity contribution in [1.29, 1.82) is 0 Å². The number of hydrogen-bond donors (Lipinski definition) is 2. The van der Waals surface area contributed by atoms with Crippen LogP contribution in [0, 0.1) is 0 Å². The minimum Gasteiger partial charge on any atom is -0.477 e. The minimum absolute atomic E-state index is 0.0226. The predicted molar refractivity (Wildman–Crippen MR) is 90.3 cm³/mol. The van der Waals surface area contributed by atoms with Gasteiger partial charge in [-0.3, -0.25) is 0 Å². The Hall–Kier alpha value is -2.78. The van der Waals surface area contributed by atoms with Crippen LogP contribution in [0.4, 0.5) is 5.69 Å². The molecule has 2 heterocycles. The maximum absolute atomic E-state index is 12.2. The Morgan fingerprint density at radius 2 is 2.12 bits per heavy atom. The molecular formula is C16H16N2O6S. The zero-order valence-electron chi connectivity index (χ0n) is 13.3. The van der Waals surface area contributed by atoms with E-state index in [0.717, 1.165) is 0 Å². The van der Waals surface area contributed by atoms with E-state index in [2.05, 4.69) is 5.32 Å². The van der Waals surface area contributed by atoms with E-state index in [4.69, 9.17) is 9.15 Å². The summed E-state index contributed by atoms with van der Waals surface area (Å²) in [6.45, 7) is 0.0226. The first-order valence-electron chi connectivity index (χ1n) is 7.28. The number of carboxylic acid groups (broad SMARTS) is 1. The van der Waals surface area contributed by atoms with Crippen molar-refractivity contribution in [3.8, 4) is 0 Å². The molecule has 1 aromatic carbocycles. The lowest BCUT2D eigenvalue weighted by Gasteiger charge is -2.12. The molecule has 0 saturated heterocycles. The molecule has 0 aliphatic rings. The van der Waals surface area contributed by atoms with Gasteiger partial charge in [0, 0.05) is 12.5 Å². The van der Waals surface area contributed by atoms with Crippen LogP contribution in [-0.4, -0.2) is 37.0 Å². The van der Waals surface area contributed by atoms with E-state index in [1.165, 1.54) is 36.1 Å². The van der Waals surface area contributed by atoms with Crippen molar-refractivity contribution >= 4 is 32.4 Å². The van der Waals surface area contributed by atoms with Gasteiger partial charge in [-0.1, -0.05) is 12.1 Å². The number of rotatable bonds is 7. The van der Waals surface area contributed by atoms with Gasteiger partial charge >= 0.3 is 5.97 Å². The fourth-order valence-electron chi connectivity index (χ4n) is 2.59. The average molecular weight is 364 g/mol. The quantitative estimate of drug-likeness (QED) is 0.662. The topological polar surface area (TPSA) is 111 Å². The zero-order chi connectivity index (χ0) is 18.0. The monoisotopic (exact) mass is 364 g/mol. The second kappa shape index (κ2) is 6.61. The van der Waals surface area contributed by atoms with Gasteiger partial charge in [0.15, 0.2) is 0 Å². The van der Waals surface area contributed by atoms with E-state index in [9.17, 15) is 18.3 Å². The van der Waals surface area contributed by atoms with Gasteiger partial charge in [0.2, 0.25) is 14.9 Å². The Morgan fingerprint density at radius 3 is 2.76 bits per heavy atom. The van der Waals surface area contributed by atoms with Crippen molar-refractivity contribution in [2.24, 2.45) is 0 Å². The van der Waals surface area contributed by atoms with E-state index < -0.39 is 15.8 Å². The highest BCUT2D eigenvalue weighted by molar-refractivity contribution is 7.91. The van der Waals surface area contributed by atoms with Gasteiger partial charge in [-0.05, 0) is 24.3 Å². The molecule has 0 bridgehead atoms. The molecule has 0 atom stereocenters. The first kappa shape index (κ1) is 17.1. The number of methoxy groups -OCH3 is 1. The first-order chi connectivity index (χ1) is 11.9. The number of nitrogens with one attached hydrogen (secondary N) is 1. The van der Waals surface area contributed by atoms with Crippen molar-refractivity contribution in [2.75, 3.05) is 18.3 Å². The summed E-state index contributed by atoms with van der Waals surface area (Å²) >= 11 is 0. The van der Waals surface area contributed by atoms with Gasteiger partial charge in [0.25, 0.3) is 0 Å². The molecule has 2 N–H and O–H groups in total. The highest BCUT2D eigenvalue weighted by atomic mass is 32.2. The molecule has 0 amide bonds. The highest BCUT2D eigenvalue weighted by Gasteiger charge is 2.20. The summed E-state index contributed by atoms with van der Waals surface area (Å²) in [6, 6.07) is 9.53. The molecule has 0 spiro atoms. The SMILES string of the molecule is COCn1c(C(=O)O)cc2cccc(NCS(=O)(=O)c3ccco3)c21. The van der Waals surface area contributed by atoms with Crippen molar-refractivity contribution in [3.05, 3.63) is 48.4 Å². The van der Waals surface area contributed by atoms with Gasteiger partial charge in [0.05, 0.1) is 17.5 Å². The van der Waals surface area contributed by atoms with Crippen LogP contribution >= 0.6 is 0 Å². The van der Waals surface area contributed by atoms with Crippen LogP contribution < -0.4 is 5.32 Å². The van der Waals surface area contributed by atoms with Gasteiger partial charge in [-0.15, -0.1) is 0 Å². The summed E-state index contributed by atoms with van der Waals surface area (Å²) in [5.41, 5.74) is 1.09. The number of carboxylic acids is 1. The van der Waals surface area contributed by atoms with E-state index in [-0.39, 0.29) is 23.4 Å². The third-order valence-corrected chi connectivity index (χ3v) is 5.02. The molecule has 2 aromatic heterocycles. The minimum atomic E-state index is -3.65. The van der Waals surface area contributed by atoms with E-state index in [0.29, 0.717) is 16.6 Å². The van der Waals surface area contributed by atoms with Crippen LogP contribution in [0.15, 0.2) is 52.2 Å². The Kier molecular flexibility index (Phi) is 4.51. The Morgan fingerprint density at radius 1 is 1.32 bits per heavy atom. The fraction of sp³-hybridized carbons (Fsp3) is 0.188. The lowest BCUT2D eigenvalue weighted by atomic mass is 10.2. The van der Waals surface area contributed by atoms with Crippen molar-refractivity contribution in [2.45, 2.75) is 11.8 Å². The lowest BCUT2D eigenvalue weighted by Crippen LogP contribution is -2.15. The highest BCUT2D eigenvalue weighted by Crippen LogP contribution is 2.28. The van der Waals surface area contributed by atoms with E-state index in [1.54, 1.807) is 18.2 Å². The van der Waals surface area contributed by atoms with E-state index >= 15 is 0 Å². The lowest BCUT2D eigenvalue weighted by molar-refractivity contribution is 0.0664. The van der Waals surface area contributed by atoms with Crippen LogP contribution in [0.2, 0.25) is 0 Å². The van der Waals surface area contributed by atoms with Crippen LogP contribution in [0.5, 0.6) is 0 Å². The number of hydrogen-bond acceptors (Lipinski definition) is 6. The number of fused-ring (bicyclic) bond motifs is 1. The third kappa shape index (κ3) is 3.24. The normalized spacial score (nSPS) is 11.7. The summed E-state index contributed by atoms with van der Waals surface area (Å²) in [5, 5.41) is 12.7. The van der Waals surface area contributed by atoms with E-state index in [1.807, 2.05) is 0 Å². The van der Waals surface area contributed by atoms with Crippen LogP contribution in [0.1, 0.15) is 10.5 Å². The fourth-order valence-corrected chi connectivity index (χ4v) is 3.57. The van der Waals surface area contributed by atoms with Crippen LogP contribution in [0.25, 0.3) is 10.9 Å². The molecule has 9 heteroatoms. The molecule has 0 saturated carbocycles. The van der Waals surface area contributed by atoms with Crippen molar-refractivity contribution < 1.29 is 27.5 Å². The number of nitrogens with zero attached hydrogens (tertiary/aromatic N) is 1. The summed E-state index contributed by atoms with van der Waals surface area (Å²) in [5.74, 6) is -1.48. The van der Waals surface area contributed by atoms with Gasteiger partial charge in [0.1, 0.15) is 18.3 Å². The second-order valence-electron chi connectivity index (χ2n) is 5.29. The van der Waals surface area contributed by atoms with Crippen molar-refractivity contribution in [3.63, 3.8) is 0 Å². The summed E-state index contributed by atoms with van der Waals surface area (Å²) in [7, 11) is -2.20. The summed E-state index contributed by atoms with van der Waals surface area (Å²) < 4.78 is 36.0. The molecule has 8 nitrogen and oxygen atoms in total. The predicted octanol–water partition coefficient (Wildman–Crippen LogP) is 2.38. The molecule has 3 aromatic rings. The van der Waals surface area contributed by atoms with Crippen LogP contribution in [-0.2, 0) is 21.3 Å². The molecule has 0 unspecified atom stereocenters. The Labute approximate surface area is 143 Å². The maximum atomic E-state index is 12.2. The Balaban J connectivity index is 2.00. The third-order valence-electron chi connectivity index (χ3n) is 3.65. The largest absolute Gasteiger partial charge is 0.477 e. The molecular weight excluding hydrogens is 348 g/mol. The van der Waals surface area contributed by atoms with Crippen LogP contribution in [0.3, 0.4) is 0 Å². The molecule has 25 heavy (non-hydrogen) atoms. The van der Waals surface area contributed by atoms with Gasteiger partial charge < -0.3 is 24.1 Å². The number of ether oxygens (including phenoxy) is 1. The number of carbonyl (C=O) groups is 1. The first-order valence-corrected chi connectivity index (χ1v) is 8.94. The number of sulfone groups is 1. The van der Waals surface area contributed by atoms with Crippen molar-refractivity contribution in [1.82, 2.24) is 4.57 Å². The summed E-state index contributed by atoms with van der Waals surface area (Å²) in [6.07, 6.45) is 1.29. The van der Waals surface area contributed by atoms with Gasteiger partial charge in [-0.25, -0.2) is 13.2 Å². The smallest absolute Gasteiger partial charge is 0.352 e. The number of aromatic carboxylic acids is 1. The molecule has 0 aliphatic heterocycles. The molecule has 0 radical (unpaired) electrons. The molecule has 132 valence electrons. The Bertz CT molecular complexity index is 1000. The average Bonchev–Trinajstić information content (AvgIpc) is 3.22. The maximum Gasteiger partial charge on any atom is 0.352 e. The molecule has 0 aliphatic carbocycles. The second-order valence-corrected chi connectivity index (χ2v) is 7.21. The molecule has 0 fully saturated rings. The number of anilines is 1. The summed E-state index contributed by atoms with van der Waals surface area (Å²) in [4.78, 5) is 11.4.